The predicted octanol–water partition coefficient (Wildman–Crippen LogP) is 2.88. The molecule has 0 amide bonds. The fraction of sp³-hybridized carbons (Fsp3) is 0.300. The SMILES string of the molecule is [CH2]C(C)c1cccc(CO)c1Br. The zero-order chi connectivity index (χ0) is 9.14. The maximum Gasteiger partial charge on any atom is 0.0692 e. The fourth-order valence-electron chi connectivity index (χ4n) is 1.10. The minimum atomic E-state index is 0.0706. The van der Waals surface area contributed by atoms with Gasteiger partial charge in [0.2, 0.25) is 0 Å². The molecule has 1 unspecified atom stereocenters. The zero-order valence-electron chi connectivity index (χ0n) is 7.05. The Balaban J connectivity index is 3.14. The summed E-state index contributed by atoms with van der Waals surface area (Å²) in [4.78, 5) is 0. The molecule has 0 aliphatic heterocycles. The van der Waals surface area contributed by atoms with Gasteiger partial charge in [-0.15, -0.1) is 0 Å². The Labute approximate surface area is 81.6 Å². The number of hydrogen-bond donors (Lipinski definition) is 1. The third-order valence-corrected chi connectivity index (χ3v) is 2.78. The van der Waals surface area contributed by atoms with Crippen molar-refractivity contribution >= 4 is 15.9 Å². The van der Waals surface area contributed by atoms with Gasteiger partial charge in [-0.25, -0.2) is 0 Å². The van der Waals surface area contributed by atoms with Gasteiger partial charge in [-0.05, 0) is 24.0 Å². The second-order valence-electron chi connectivity index (χ2n) is 2.88. The second kappa shape index (κ2) is 4.06. The molecular formula is C10H12BrO. The molecule has 1 atom stereocenters. The molecule has 2 heteroatoms. The van der Waals surface area contributed by atoms with Crippen molar-refractivity contribution in [1.82, 2.24) is 0 Å². The van der Waals surface area contributed by atoms with Crippen molar-refractivity contribution in [2.45, 2.75) is 19.4 Å². The van der Waals surface area contributed by atoms with Crippen molar-refractivity contribution in [3.8, 4) is 0 Å². The van der Waals surface area contributed by atoms with E-state index in [-0.39, 0.29) is 12.5 Å². The third-order valence-electron chi connectivity index (χ3n) is 1.81. The second-order valence-corrected chi connectivity index (χ2v) is 3.67. The standard InChI is InChI=1S/C10H12BrO/c1-7(2)9-5-3-4-8(6-12)10(9)11/h3-5,7,12H,1,6H2,2H3. The normalized spacial score (nSPS) is 10.8. The maximum atomic E-state index is 8.97. The van der Waals surface area contributed by atoms with Gasteiger partial charge < -0.3 is 5.11 Å². The van der Waals surface area contributed by atoms with Gasteiger partial charge >= 0.3 is 0 Å². The summed E-state index contributed by atoms with van der Waals surface area (Å²) in [6.07, 6.45) is 0. The molecule has 0 aromatic heterocycles. The lowest BCUT2D eigenvalue weighted by molar-refractivity contribution is 0.281. The van der Waals surface area contributed by atoms with Crippen LogP contribution in [0.2, 0.25) is 0 Å². The van der Waals surface area contributed by atoms with Crippen molar-refractivity contribution in [2.24, 2.45) is 0 Å². The molecule has 0 spiro atoms. The smallest absolute Gasteiger partial charge is 0.0692 e. The summed E-state index contributed by atoms with van der Waals surface area (Å²) >= 11 is 3.44. The summed E-state index contributed by atoms with van der Waals surface area (Å²) in [6, 6.07) is 5.85. The average Bonchev–Trinajstić information content (AvgIpc) is 2.04. The molecule has 0 fully saturated rings. The fourth-order valence-corrected chi connectivity index (χ4v) is 1.88. The molecule has 65 valence electrons. The van der Waals surface area contributed by atoms with Gasteiger partial charge in [-0.3, -0.25) is 0 Å². The maximum absolute atomic E-state index is 8.97. The molecule has 12 heavy (non-hydrogen) atoms. The van der Waals surface area contributed by atoms with Gasteiger partial charge in [-0.1, -0.05) is 41.1 Å². The van der Waals surface area contributed by atoms with Crippen LogP contribution in [0.3, 0.4) is 0 Å². The number of aliphatic hydroxyl groups is 1. The van der Waals surface area contributed by atoms with E-state index in [1.165, 1.54) is 0 Å². The van der Waals surface area contributed by atoms with Crippen LogP contribution < -0.4 is 0 Å². The highest BCUT2D eigenvalue weighted by Gasteiger charge is 2.07. The van der Waals surface area contributed by atoms with Crippen LogP contribution in [0.1, 0.15) is 24.0 Å². The third kappa shape index (κ3) is 1.87. The van der Waals surface area contributed by atoms with Crippen molar-refractivity contribution < 1.29 is 5.11 Å². The number of rotatable bonds is 2. The summed E-state index contributed by atoms with van der Waals surface area (Å²) < 4.78 is 0.981. The molecule has 0 aliphatic rings. The highest BCUT2D eigenvalue weighted by molar-refractivity contribution is 9.10. The van der Waals surface area contributed by atoms with E-state index >= 15 is 0 Å². The van der Waals surface area contributed by atoms with Gasteiger partial charge in [0.25, 0.3) is 0 Å². The molecule has 0 heterocycles. The minimum Gasteiger partial charge on any atom is -0.392 e. The lowest BCUT2D eigenvalue weighted by Gasteiger charge is -2.10. The van der Waals surface area contributed by atoms with Crippen LogP contribution in [-0.2, 0) is 6.61 Å². The van der Waals surface area contributed by atoms with E-state index in [2.05, 4.69) is 22.9 Å². The highest BCUT2D eigenvalue weighted by Crippen LogP contribution is 2.27. The van der Waals surface area contributed by atoms with E-state index in [4.69, 9.17) is 5.11 Å². The van der Waals surface area contributed by atoms with Crippen molar-refractivity contribution in [2.75, 3.05) is 0 Å². The van der Waals surface area contributed by atoms with E-state index in [0.717, 1.165) is 15.6 Å². The topological polar surface area (TPSA) is 20.2 Å². The molecule has 1 aromatic carbocycles. The zero-order valence-corrected chi connectivity index (χ0v) is 8.63. The molecule has 0 bridgehead atoms. The molecule has 0 aliphatic carbocycles. The van der Waals surface area contributed by atoms with Crippen molar-refractivity contribution in [3.05, 3.63) is 40.7 Å². The predicted molar refractivity (Wildman–Crippen MR) is 53.8 cm³/mol. The Bertz CT molecular complexity index is 269. The van der Waals surface area contributed by atoms with Crippen LogP contribution in [0, 0.1) is 6.92 Å². The molecule has 1 aromatic rings. The van der Waals surface area contributed by atoms with Gasteiger partial charge in [0.15, 0.2) is 0 Å². The first-order valence-corrected chi connectivity index (χ1v) is 4.67. The van der Waals surface area contributed by atoms with Crippen LogP contribution in [0.5, 0.6) is 0 Å². The van der Waals surface area contributed by atoms with Crippen LogP contribution in [-0.4, -0.2) is 5.11 Å². The summed E-state index contributed by atoms with van der Waals surface area (Å²) in [5.74, 6) is 0.242. The Morgan fingerprint density at radius 1 is 1.58 bits per heavy atom. The summed E-state index contributed by atoms with van der Waals surface area (Å²) in [5.41, 5.74) is 2.06. The van der Waals surface area contributed by atoms with Crippen molar-refractivity contribution in [3.63, 3.8) is 0 Å². The number of aliphatic hydroxyl groups excluding tert-OH is 1. The van der Waals surface area contributed by atoms with Crippen LogP contribution in [0.15, 0.2) is 22.7 Å². The molecule has 0 saturated carbocycles. The van der Waals surface area contributed by atoms with E-state index in [9.17, 15) is 0 Å². The summed E-state index contributed by atoms with van der Waals surface area (Å²) in [5, 5.41) is 8.97. The minimum absolute atomic E-state index is 0.0706. The lowest BCUT2D eigenvalue weighted by atomic mass is 10.0. The van der Waals surface area contributed by atoms with Crippen LogP contribution in [0.4, 0.5) is 0 Å². The van der Waals surface area contributed by atoms with Gasteiger partial charge in [0.1, 0.15) is 0 Å². The highest BCUT2D eigenvalue weighted by atomic mass is 79.9. The molecular weight excluding hydrogens is 216 g/mol. The Hall–Kier alpha value is -0.340. The largest absolute Gasteiger partial charge is 0.392 e. The first kappa shape index (κ1) is 9.75. The van der Waals surface area contributed by atoms with Gasteiger partial charge in [-0.2, -0.15) is 0 Å². The lowest BCUT2D eigenvalue weighted by Crippen LogP contribution is -1.93. The Kier molecular flexibility index (Phi) is 3.29. The van der Waals surface area contributed by atoms with E-state index in [1.807, 2.05) is 25.1 Å². The number of benzene rings is 1. The summed E-state index contributed by atoms with van der Waals surface area (Å²) in [7, 11) is 0. The first-order chi connectivity index (χ1) is 5.66. The van der Waals surface area contributed by atoms with Crippen molar-refractivity contribution in [1.29, 1.82) is 0 Å². The van der Waals surface area contributed by atoms with E-state index in [0.29, 0.717) is 0 Å². The Morgan fingerprint density at radius 2 is 2.25 bits per heavy atom. The van der Waals surface area contributed by atoms with Crippen LogP contribution >= 0.6 is 15.9 Å². The van der Waals surface area contributed by atoms with Crippen LogP contribution in [0.25, 0.3) is 0 Å². The van der Waals surface area contributed by atoms with Gasteiger partial charge in [0.05, 0.1) is 6.61 Å². The average molecular weight is 228 g/mol. The molecule has 1 radical (unpaired) electrons. The van der Waals surface area contributed by atoms with E-state index < -0.39 is 0 Å². The Morgan fingerprint density at radius 3 is 2.75 bits per heavy atom. The summed E-state index contributed by atoms with van der Waals surface area (Å²) in [6.45, 7) is 6.03. The quantitative estimate of drug-likeness (QED) is 0.825. The number of hydrogen-bond acceptors (Lipinski definition) is 1. The molecule has 1 N–H and O–H groups in total. The number of halogens is 1. The monoisotopic (exact) mass is 227 g/mol. The van der Waals surface area contributed by atoms with Gasteiger partial charge in [0, 0.05) is 4.47 Å². The molecule has 1 rings (SSSR count). The molecule has 1 nitrogen and oxygen atoms in total. The first-order valence-electron chi connectivity index (χ1n) is 3.88. The van der Waals surface area contributed by atoms with E-state index in [1.54, 1.807) is 0 Å². The molecule has 0 saturated heterocycles.